The highest BCUT2D eigenvalue weighted by molar-refractivity contribution is 5.77. The number of para-hydroxylation sites is 1. The van der Waals surface area contributed by atoms with Gasteiger partial charge < -0.3 is 19.5 Å². The van der Waals surface area contributed by atoms with E-state index in [4.69, 9.17) is 14.2 Å². The van der Waals surface area contributed by atoms with Crippen molar-refractivity contribution in [2.75, 3.05) is 19.8 Å². The summed E-state index contributed by atoms with van der Waals surface area (Å²) >= 11 is 0. The summed E-state index contributed by atoms with van der Waals surface area (Å²) in [5.41, 5.74) is 0. The van der Waals surface area contributed by atoms with Gasteiger partial charge in [-0.25, -0.2) is 0 Å². The standard InChI is InChI=1S/C18H25NO4/c20-18(13-21-12-15-8-5-11-22-15)19-16-9-4-10-17(16)23-14-6-2-1-3-7-14/h1-3,6-7,15-17H,4-5,8-13H2,(H,19,20)/t15-,16+,17+/m0/s1. The van der Waals surface area contributed by atoms with E-state index in [2.05, 4.69) is 5.32 Å². The van der Waals surface area contributed by atoms with E-state index in [-0.39, 0.29) is 30.8 Å². The summed E-state index contributed by atoms with van der Waals surface area (Å²) in [6.07, 6.45) is 5.30. The monoisotopic (exact) mass is 319 g/mol. The number of nitrogens with one attached hydrogen (secondary N) is 1. The molecule has 23 heavy (non-hydrogen) atoms. The second kappa shape index (κ2) is 8.31. The van der Waals surface area contributed by atoms with Gasteiger partial charge in [-0.05, 0) is 44.2 Å². The fraction of sp³-hybridized carbons (Fsp3) is 0.611. The molecule has 1 saturated heterocycles. The number of ether oxygens (including phenoxy) is 3. The number of hydrogen-bond acceptors (Lipinski definition) is 4. The van der Waals surface area contributed by atoms with Crippen molar-refractivity contribution < 1.29 is 19.0 Å². The maximum Gasteiger partial charge on any atom is 0.246 e. The maximum atomic E-state index is 12.0. The van der Waals surface area contributed by atoms with E-state index < -0.39 is 0 Å². The highest BCUT2D eigenvalue weighted by atomic mass is 16.5. The van der Waals surface area contributed by atoms with Crippen molar-refractivity contribution in [3.8, 4) is 5.75 Å². The number of carbonyl (C=O) groups excluding carboxylic acids is 1. The van der Waals surface area contributed by atoms with E-state index in [1.165, 1.54) is 0 Å². The largest absolute Gasteiger partial charge is 0.488 e. The van der Waals surface area contributed by atoms with Gasteiger partial charge in [0.05, 0.1) is 18.8 Å². The van der Waals surface area contributed by atoms with Gasteiger partial charge in [0.2, 0.25) is 5.91 Å². The van der Waals surface area contributed by atoms with Crippen molar-refractivity contribution in [1.82, 2.24) is 5.32 Å². The van der Waals surface area contributed by atoms with Crippen LogP contribution in [-0.4, -0.2) is 44.0 Å². The minimum atomic E-state index is -0.0726. The van der Waals surface area contributed by atoms with Gasteiger partial charge in [0.25, 0.3) is 0 Å². The smallest absolute Gasteiger partial charge is 0.246 e. The molecule has 126 valence electrons. The summed E-state index contributed by atoms with van der Waals surface area (Å²) in [6, 6.07) is 9.83. The number of carbonyl (C=O) groups is 1. The molecular formula is C18H25NO4. The average Bonchev–Trinajstić information content (AvgIpc) is 3.21. The molecule has 2 aliphatic rings. The van der Waals surface area contributed by atoms with Crippen LogP contribution in [0.2, 0.25) is 0 Å². The van der Waals surface area contributed by atoms with Crippen LogP contribution < -0.4 is 10.1 Å². The van der Waals surface area contributed by atoms with E-state index in [0.717, 1.165) is 44.5 Å². The zero-order chi connectivity index (χ0) is 15.9. The third-order valence-corrected chi connectivity index (χ3v) is 4.39. The molecule has 0 bridgehead atoms. The molecule has 1 aliphatic heterocycles. The normalized spacial score (nSPS) is 27.0. The van der Waals surface area contributed by atoms with Crippen molar-refractivity contribution in [1.29, 1.82) is 0 Å². The van der Waals surface area contributed by atoms with Gasteiger partial charge in [-0.3, -0.25) is 4.79 Å². The molecule has 1 aliphatic carbocycles. The fourth-order valence-electron chi connectivity index (χ4n) is 3.21. The van der Waals surface area contributed by atoms with Crippen LogP contribution in [0.1, 0.15) is 32.1 Å². The topological polar surface area (TPSA) is 56.8 Å². The van der Waals surface area contributed by atoms with Crippen LogP contribution in [0, 0.1) is 0 Å². The highest BCUT2D eigenvalue weighted by Gasteiger charge is 2.30. The number of hydrogen-bond donors (Lipinski definition) is 1. The number of rotatable bonds is 7. The first-order valence-electron chi connectivity index (χ1n) is 8.51. The van der Waals surface area contributed by atoms with E-state index in [9.17, 15) is 4.79 Å². The average molecular weight is 319 g/mol. The predicted octanol–water partition coefficient (Wildman–Crippen LogP) is 2.30. The summed E-state index contributed by atoms with van der Waals surface area (Å²) in [4.78, 5) is 12.0. The zero-order valence-corrected chi connectivity index (χ0v) is 13.4. The lowest BCUT2D eigenvalue weighted by atomic mass is 10.2. The predicted molar refractivity (Wildman–Crippen MR) is 86.4 cm³/mol. The second-order valence-corrected chi connectivity index (χ2v) is 6.22. The second-order valence-electron chi connectivity index (χ2n) is 6.22. The van der Waals surface area contributed by atoms with Crippen LogP contribution in [-0.2, 0) is 14.3 Å². The minimum Gasteiger partial charge on any atom is -0.488 e. The molecule has 5 nitrogen and oxygen atoms in total. The zero-order valence-electron chi connectivity index (χ0n) is 13.4. The quantitative estimate of drug-likeness (QED) is 0.838. The van der Waals surface area contributed by atoms with Gasteiger partial charge in [0.15, 0.2) is 0 Å². The summed E-state index contributed by atoms with van der Waals surface area (Å²) in [5.74, 6) is 0.782. The Balaban J connectivity index is 1.39. The minimum absolute atomic E-state index is 0.0412. The van der Waals surface area contributed by atoms with Gasteiger partial charge in [0.1, 0.15) is 18.5 Å². The van der Waals surface area contributed by atoms with Crippen LogP contribution in [0.25, 0.3) is 0 Å². The Morgan fingerprint density at radius 3 is 2.83 bits per heavy atom. The lowest BCUT2D eigenvalue weighted by molar-refractivity contribution is -0.128. The SMILES string of the molecule is O=C(COC[C@@H]1CCCO1)N[C@@H]1CCC[C@H]1Oc1ccccc1. The summed E-state index contributed by atoms with van der Waals surface area (Å²) in [5, 5.41) is 3.04. The third-order valence-electron chi connectivity index (χ3n) is 4.39. The Kier molecular flexibility index (Phi) is 5.88. The van der Waals surface area contributed by atoms with E-state index in [0.29, 0.717) is 6.61 Å². The Hall–Kier alpha value is -1.59. The van der Waals surface area contributed by atoms with Crippen LogP contribution in [0.15, 0.2) is 30.3 Å². The Bertz CT molecular complexity index is 487. The number of amides is 1. The van der Waals surface area contributed by atoms with E-state index in [1.54, 1.807) is 0 Å². The van der Waals surface area contributed by atoms with Gasteiger partial charge in [-0.2, -0.15) is 0 Å². The molecule has 2 fully saturated rings. The Morgan fingerprint density at radius 2 is 2.04 bits per heavy atom. The molecular weight excluding hydrogens is 294 g/mol. The molecule has 0 spiro atoms. The Labute approximate surface area is 137 Å². The van der Waals surface area contributed by atoms with Crippen LogP contribution >= 0.6 is 0 Å². The summed E-state index contributed by atoms with van der Waals surface area (Å²) < 4.78 is 16.9. The molecule has 1 N–H and O–H groups in total. The molecule has 5 heteroatoms. The first kappa shape index (κ1) is 16.3. The van der Waals surface area contributed by atoms with Crippen LogP contribution in [0.5, 0.6) is 5.75 Å². The molecule has 1 heterocycles. The third kappa shape index (κ3) is 4.94. The molecule has 1 saturated carbocycles. The fourth-order valence-corrected chi connectivity index (χ4v) is 3.21. The summed E-state index contributed by atoms with van der Waals surface area (Å²) in [7, 11) is 0. The van der Waals surface area contributed by atoms with Crippen molar-refractivity contribution in [2.45, 2.75) is 50.4 Å². The molecule has 0 radical (unpaired) electrons. The molecule has 3 atom stereocenters. The van der Waals surface area contributed by atoms with Gasteiger partial charge >= 0.3 is 0 Å². The Morgan fingerprint density at radius 1 is 1.17 bits per heavy atom. The van der Waals surface area contributed by atoms with Gasteiger partial charge in [0, 0.05) is 6.61 Å². The van der Waals surface area contributed by atoms with Crippen molar-refractivity contribution in [3.63, 3.8) is 0 Å². The van der Waals surface area contributed by atoms with E-state index >= 15 is 0 Å². The van der Waals surface area contributed by atoms with Crippen molar-refractivity contribution >= 4 is 5.91 Å². The van der Waals surface area contributed by atoms with Crippen LogP contribution in [0.4, 0.5) is 0 Å². The molecule has 1 aromatic rings. The first-order chi connectivity index (χ1) is 11.3. The van der Waals surface area contributed by atoms with Crippen molar-refractivity contribution in [2.24, 2.45) is 0 Å². The number of benzene rings is 1. The lowest BCUT2D eigenvalue weighted by Crippen LogP contribution is -2.44. The maximum absolute atomic E-state index is 12.0. The molecule has 1 aromatic carbocycles. The molecule has 0 aromatic heterocycles. The summed E-state index contributed by atoms with van der Waals surface area (Å²) in [6.45, 7) is 1.40. The highest BCUT2D eigenvalue weighted by Crippen LogP contribution is 2.24. The van der Waals surface area contributed by atoms with E-state index in [1.807, 2.05) is 30.3 Å². The van der Waals surface area contributed by atoms with Gasteiger partial charge in [-0.15, -0.1) is 0 Å². The van der Waals surface area contributed by atoms with Crippen molar-refractivity contribution in [3.05, 3.63) is 30.3 Å². The van der Waals surface area contributed by atoms with Gasteiger partial charge in [-0.1, -0.05) is 18.2 Å². The molecule has 0 unspecified atom stereocenters. The molecule has 3 rings (SSSR count). The van der Waals surface area contributed by atoms with Crippen LogP contribution in [0.3, 0.4) is 0 Å². The molecule has 1 amide bonds. The lowest BCUT2D eigenvalue weighted by Gasteiger charge is -2.22. The first-order valence-corrected chi connectivity index (χ1v) is 8.51.